The topological polar surface area (TPSA) is 34.5 Å². The molecule has 15 rings (SSSR count). The molecule has 4 aromatic heterocycles. The van der Waals surface area contributed by atoms with Crippen LogP contribution in [0.2, 0.25) is 0 Å². The van der Waals surface area contributed by atoms with Crippen molar-refractivity contribution < 1.29 is 8.83 Å². The number of anilines is 2. The largest absolute Gasteiger partial charge is 0.466 e. The number of para-hydroxylation sites is 1. The fourth-order valence-corrected chi connectivity index (χ4v) is 15.7. The number of fused-ring (bicyclic) bond motifs is 20. The molecule has 0 N–H and O–H groups in total. The highest BCUT2D eigenvalue weighted by molar-refractivity contribution is 7.26. The predicted molar refractivity (Wildman–Crippen MR) is 318 cm³/mol. The molecule has 0 bridgehead atoms. The van der Waals surface area contributed by atoms with Crippen LogP contribution in [0.15, 0.2) is 112 Å². The van der Waals surface area contributed by atoms with Gasteiger partial charge in [-0.1, -0.05) is 133 Å². The number of hydrogen-bond acceptors (Lipinski definition) is 4. The van der Waals surface area contributed by atoms with Crippen molar-refractivity contribution in [1.82, 2.24) is 4.57 Å². The van der Waals surface area contributed by atoms with E-state index in [1.54, 1.807) is 0 Å². The number of hydrogen-bond donors (Lipinski definition) is 0. The molecule has 74 heavy (non-hydrogen) atoms. The highest BCUT2D eigenvalue weighted by atomic mass is 32.1. The van der Waals surface area contributed by atoms with E-state index in [1.807, 2.05) is 11.3 Å². The Morgan fingerprint density at radius 2 is 1.11 bits per heavy atom. The van der Waals surface area contributed by atoms with Crippen molar-refractivity contribution in [2.45, 2.75) is 155 Å². The van der Waals surface area contributed by atoms with E-state index in [0.717, 1.165) is 52.0 Å². The van der Waals surface area contributed by atoms with Gasteiger partial charge in [-0.15, -0.1) is 11.3 Å². The highest BCUT2D eigenvalue weighted by Gasteiger charge is 2.50. The van der Waals surface area contributed by atoms with Crippen LogP contribution in [-0.2, 0) is 32.5 Å². The molecule has 11 aromatic rings. The summed E-state index contributed by atoms with van der Waals surface area (Å²) in [5.74, 6) is 0. The molecule has 0 atom stereocenters. The average Bonchev–Trinajstić information content (AvgIpc) is 4.27. The normalized spacial score (nSPS) is 18.3. The van der Waals surface area contributed by atoms with Gasteiger partial charge in [0.15, 0.2) is 0 Å². The van der Waals surface area contributed by atoms with Crippen molar-refractivity contribution in [3.05, 3.63) is 137 Å². The lowest BCUT2D eigenvalue weighted by Crippen LogP contribution is -2.60. The van der Waals surface area contributed by atoms with Gasteiger partial charge < -0.3 is 18.2 Å². The van der Waals surface area contributed by atoms with Crippen molar-refractivity contribution in [3.63, 3.8) is 0 Å². The first-order chi connectivity index (χ1) is 34.9. The van der Waals surface area contributed by atoms with E-state index in [-0.39, 0.29) is 39.3 Å². The Bertz CT molecular complexity index is 4340. The molecule has 0 unspecified atom stereocenters. The molecule has 0 saturated heterocycles. The van der Waals surface area contributed by atoms with Gasteiger partial charge in [0, 0.05) is 58.7 Å². The lowest BCUT2D eigenvalue weighted by molar-refractivity contribution is 0.332. The first-order valence-corrected chi connectivity index (χ1v) is 28.3. The van der Waals surface area contributed by atoms with E-state index < -0.39 is 0 Å². The van der Waals surface area contributed by atoms with E-state index in [1.165, 1.54) is 121 Å². The molecule has 0 fully saturated rings. The summed E-state index contributed by atoms with van der Waals surface area (Å²) in [6.45, 7) is 33.2. The first kappa shape index (κ1) is 45.2. The van der Waals surface area contributed by atoms with E-state index in [4.69, 9.17) is 8.83 Å². The van der Waals surface area contributed by atoms with Crippen LogP contribution >= 0.6 is 11.3 Å². The van der Waals surface area contributed by atoms with E-state index in [0.29, 0.717) is 0 Å². The van der Waals surface area contributed by atoms with Gasteiger partial charge in [0.25, 0.3) is 0 Å². The van der Waals surface area contributed by atoms with Crippen LogP contribution in [0.1, 0.15) is 156 Å². The second kappa shape index (κ2) is 14.0. The third-order valence-electron chi connectivity index (χ3n) is 19.2. The molecule has 0 amide bonds. The van der Waals surface area contributed by atoms with Crippen LogP contribution in [0.5, 0.6) is 0 Å². The average molecular weight is 987 g/mol. The van der Waals surface area contributed by atoms with Crippen LogP contribution < -0.4 is 15.9 Å². The Morgan fingerprint density at radius 1 is 0.527 bits per heavy atom. The zero-order chi connectivity index (χ0) is 51.3. The minimum Gasteiger partial charge on any atom is -0.466 e. The molecule has 2 aliphatic heterocycles. The van der Waals surface area contributed by atoms with Gasteiger partial charge >= 0.3 is 6.85 Å². The number of benzene rings is 7. The molecule has 0 spiro atoms. The Kier molecular flexibility index (Phi) is 8.53. The lowest BCUT2D eigenvalue weighted by Gasteiger charge is -2.42. The smallest absolute Gasteiger partial charge is 0.376 e. The van der Waals surface area contributed by atoms with E-state index in [2.05, 4.69) is 209 Å². The minimum atomic E-state index is -0.293. The second-order valence-electron chi connectivity index (χ2n) is 27.8. The van der Waals surface area contributed by atoms with Crippen LogP contribution in [-0.4, -0.2) is 11.4 Å². The van der Waals surface area contributed by atoms with Gasteiger partial charge in [0.05, 0.1) is 22.1 Å². The number of nitrogens with zero attached hydrogens (tertiary/aromatic N) is 2. The summed E-state index contributed by atoms with van der Waals surface area (Å²) in [5, 5.41) is 8.62. The Hall–Kier alpha value is -6.24. The number of aromatic nitrogens is 1. The molecule has 0 radical (unpaired) electrons. The Balaban J connectivity index is 1.16. The molecule has 2 aliphatic carbocycles. The van der Waals surface area contributed by atoms with Gasteiger partial charge in [-0.2, -0.15) is 0 Å². The van der Waals surface area contributed by atoms with Crippen molar-refractivity contribution >= 4 is 116 Å². The summed E-state index contributed by atoms with van der Waals surface area (Å²) in [5.41, 5.74) is 22.2. The van der Waals surface area contributed by atoms with Crippen molar-refractivity contribution in [3.8, 4) is 16.8 Å². The second-order valence-corrected chi connectivity index (χ2v) is 28.9. The van der Waals surface area contributed by atoms with Gasteiger partial charge in [-0.05, 0) is 169 Å². The molecule has 6 heterocycles. The van der Waals surface area contributed by atoms with Gasteiger partial charge in [-0.25, -0.2) is 0 Å². The molecule has 7 aromatic carbocycles. The molecular weight excluding hydrogens is 920 g/mol. The maximum Gasteiger partial charge on any atom is 0.376 e. The summed E-state index contributed by atoms with van der Waals surface area (Å²) in [4.78, 5) is 2.68. The van der Waals surface area contributed by atoms with Crippen LogP contribution in [0.4, 0.5) is 11.4 Å². The van der Waals surface area contributed by atoms with Crippen molar-refractivity contribution in [2.75, 3.05) is 4.81 Å². The fourth-order valence-electron chi connectivity index (χ4n) is 14.5. The van der Waals surface area contributed by atoms with Gasteiger partial charge in [-0.3, -0.25) is 0 Å². The van der Waals surface area contributed by atoms with E-state index >= 15 is 0 Å². The monoisotopic (exact) mass is 987 g/mol. The number of thiophene rings is 1. The lowest BCUT2D eigenvalue weighted by atomic mass is 9.46. The Labute approximate surface area is 439 Å². The van der Waals surface area contributed by atoms with Crippen LogP contribution in [0.25, 0.3) is 91.7 Å². The predicted octanol–water partition coefficient (Wildman–Crippen LogP) is 18.3. The zero-order valence-corrected chi connectivity index (χ0v) is 46.7. The summed E-state index contributed by atoms with van der Waals surface area (Å²) < 4.78 is 20.5. The summed E-state index contributed by atoms with van der Waals surface area (Å²) in [6.07, 6.45) is 4.66. The molecule has 4 aliphatic rings. The SMILES string of the molecule is CC(C)(C)c1ccc(N2B3c4oc5cc6c(cc5c4-n4c5ccc(C(C)(C)C)cc5c5c7oc8ccccc8c7c(c3c54)-c3cc4c(cc32)sc2cc3c(cc24)C(C)(C)CCC3(C)C)C(C)(C)CCC6(C)C)cc1. The molecular formula is C68H67BN2O2S. The maximum absolute atomic E-state index is 7.77. The number of furan rings is 2. The molecule has 4 nitrogen and oxygen atoms in total. The van der Waals surface area contributed by atoms with Crippen molar-refractivity contribution in [2.24, 2.45) is 0 Å². The first-order valence-electron chi connectivity index (χ1n) is 27.4. The van der Waals surface area contributed by atoms with Crippen LogP contribution in [0.3, 0.4) is 0 Å². The van der Waals surface area contributed by atoms with E-state index in [9.17, 15) is 0 Å². The summed E-state index contributed by atoms with van der Waals surface area (Å²) in [7, 11) is 0. The quantitative estimate of drug-likeness (QED) is 0.154. The van der Waals surface area contributed by atoms with Crippen LogP contribution in [0, 0.1) is 0 Å². The zero-order valence-electron chi connectivity index (χ0n) is 45.8. The molecule has 370 valence electrons. The van der Waals surface area contributed by atoms with Gasteiger partial charge in [0.2, 0.25) is 0 Å². The number of rotatable bonds is 1. The molecule has 6 heteroatoms. The third kappa shape index (κ3) is 5.82. The highest BCUT2D eigenvalue weighted by Crippen LogP contribution is 2.56. The summed E-state index contributed by atoms with van der Waals surface area (Å²) in [6, 6.07) is 40.8. The minimum absolute atomic E-state index is 0.000828. The van der Waals surface area contributed by atoms with Crippen molar-refractivity contribution in [1.29, 1.82) is 0 Å². The van der Waals surface area contributed by atoms with Gasteiger partial charge in [0.1, 0.15) is 22.4 Å². The third-order valence-corrected chi connectivity index (χ3v) is 20.3. The summed E-state index contributed by atoms with van der Waals surface area (Å²) >= 11 is 1.96. The standard InChI is InChI=1S/C68H67BN2O2S/c1-63(2,3)36-19-22-38(23-20-36)71-50-35-54-40(41-31-45-48(34-53(41)74-54)68(13,14)28-26-65(45,7)8)30-43(50)55-56-39-17-15-16-18-51(39)72-61(56)57-42-29-37(64(4,5)6)21-24-49(42)70-59-44-32-46-47(67(11,12)27-25-66(46,9)10)33-52(44)73-62(59)69(71)58(55)60(57)70/h15-24,29-35H,25-28H2,1-14H3. The molecule has 0 saturated carbocycles. The fraction of sp³-hybridized carbons (Fsp3) is 0.353. The Morgan fingerprint density at radius 3 is 1.77 bits per heavy atom. The maximum atomic E-state index is 7.77.